The number of pyridine rings is 1. The van der Waals surface area contributed by atoms with E-state index in [1.54, 1.807) is 12.4 Å². The maximum absolute atomic E-state index is 12.8. The molecule has 2 aromatic rings. The van der Waals surface area contributed by atoms with Crippen molar-refractivity contribution in [1.29, 1.82) is 0 Å². The molecule has 26 heavy (non-hydrogen) atoms. The third-order valence-corrected chi connectivity index (χ3v) is 5.01. The van der Waals surface area contributed by atoms with Crippen LogP contribution in [0, 0.1) is 0 Å². The zero-order chi connectivity index (χ0) is 17.8. The Kier molecular flexibility index (Phi) is 5.17. The number of hydrogen-bond donors (Lipinski definition) is 0. The summed E-state index contributed by atoms with van der Waals surface area (Å²) in [4.78, 5) is 29.8. The van der Waals surface area contributed by atoms with Gasteiger partial charge in [0.15, 0.2) is 0 Å². The van der Waals surface area contributed by atoms with Gasteiger partial charge in [0.05, 0.1) is 31.1 Å². The summed E-state index contributed by atoms with van der Waals surface area (Å²) in [7, 11) is 0. The third kappa shape index (κ3) is 3.73. The summed E-state index contributed by atoms with van der Waals surface area (Å²) in [6, 6.07) is 4.24. The zero-order valence-electron chi connectivity index (χ0n) is 14.8. The van der Waals surface area contributed by atoms with Gasteiger partial charge >= 0.3 is 0 Å². The lowest BCUT2D eigenvalue weighted by atomic mass is 10.0. The molecule has 1 atom stereocenters. The van der Waals surface area contributed by atoms with Crippen molar-refractivity contribution in [1.82, 2.24) is 24.8 Å². The topological polar surface area (TPSA) is 71.5 Å². The first kappa shape index (κ1) is 17.1. The Morgan fingerprint density at radius 1 is 1.15 bits per heavy atom. The monoisotopic (exact) mass is 353 g/mol. The number of amides is 1. The van der Waals surface area contributed by atoms with E-state index in [1.165, 1.54) is 6.20 Å². The molecule has 7 heteroatoms. The van der Waals surface area contributed by atoms with Gasteiger partial charge in [0.1, 0.15) is 5.69 Å². The molecule has 4 heterocycles. The minimum atomic E-state index is -0.0489. The van der Waals surface area contributed by atoms with Crippen LogP contribution < -0.4 is 0 Å². The first-order valence-corrected chi connectivity index (χ1v) is 9.13. The Hall–Kier alpha value is -2.38. The number of likely N-dealkylation sites (tertiary alicyclic amines) is 1. The highest BCUT2D eigenvalue weighted by molar-refractivity contribution is 5.92. The summed E-state index contributed by atoms with van der Waals surface area (Å²) in [5.74, 6) is -0.0489. The van der Waals surface area contributed by atoms with Gasteiger partial charge < -0.3 is 9.64 Å². The zero-order valence-corrected chi connectivity index (χ0v) is 14.8. The van der Waals surface area contributed by atoms with Crippen molar-refractivity contribution >= 4 is 5.91 Å². The molecule has 0 aromatic carbocycles. The Balaban J connectivity index is 1.50. The van der Waals surface area contributed by atoms with Crippen LogP contribution in [0.15, 0.2) is 36.9 Å². The molecule has 2 aliphatic heterocycles. The summed E-state index contributed by atoms with van der Waals surface area (Å²) in [6.07, 6.45) is 8.50. The summed E-state index contributed by atoms with van der Waals surface area (Å²) in [6.45, 7) is 5.01. The SMILES string of the molecule is O=C(c1cnccn1)N1CCC[C@H]1c1ccnc(CN2CCOCC2)c1. The smallest absolute Gasteiger partial charge is 0.274 e. The maximum Gasteiger partial charge on any atom is 0.274 e. The molecule has 2 fully saturated rings. The lowest BCUT2D eigenvalue weighted by Gasteiger charge is -2.27. The molecule has 0 N–H and O–H groups in total. The van der Waals surface area contributed by atoms with Gasteiger partial charge in [0.25, 0.3) is 5.91 Å². The minimum absolute atomic E-state index is 0.0489. The lowest BCUT2D eigenvalue weighted by Crippen LogP contribution is -2.36. The Bertz CT molecular complexity index is 749. The first-order chi connectivity index (χ1) is 12.8. The fourth-order valence-electron chi connectivity index (χ4n) is 3.69. The number of hydrogen-bond acceptors (Lipinski definition) is 6. The van der Waals surface area contributed by atoms with Crippen molar-refractivity contribution in [3.05, 3.63) is 53.9 Å². The van der Waals surface area contributed by atoms with Crippen molar-refractivity contribution in [2.75, 3.05) is 32.8 Å². The van der Waals surface area contributed by atoms with Crippen LogP contribution in [-0.2, 0) is 11.3 Å². The van der Waals surface area contributed by atoms with Crippen molar-refractivity contribution in [3.63, 3.8) is 0 Å². The molecule has 2 saturated heterocycles. The van der Waals surface area contributed by atoms with Gasteiger partial charge in [-0.25, -0.2) is 4.98 Å². The summed E-state index contributed by atoms with van der Waals surface area (Å²) in [5.41, 5.74) is 2.60. The average Bonchev–Trinajstić information content (AvgIpc) is 3.19. The second-order valence-corrected chi connectivity index (χ2v) is 6.72. The second kappa shape index (κ2) is 7.88. The molecule has 136 valence electrons. The highest BCUT2D eigenvalue weighted by Gasteiger charge is 2.31. The molecule has 0 bridgehead atoms. The van der Waals surface area contributed by atoms with Gasteiger partial charge in [-0.1, -0.05) is 0 Å². The molecule has 7 nitrogen and oxygen atoms in total. The van der Waals surface area contributed by atoms with Crippen molar-refractivity contribution in [3.8, 4) is 0 Å². The number of nitrogens with zero attached hydrogens (tertiary/aromatic N) is 5. The molecule has 4 rings (SSSR count). The molecule has 0 radical (unpaired) electrons. The number of rotatable bonds is 4. The molecule has 0 unspecified atom stereocenters. The largest absolute Gasteiger partial charge is 0.379 e. The van der Waals surface area contributed by atoms with E-state index in [1.807, 2.05) is 17.2 Å². The normalized spacial score (nSPS) is 21.1. The van der Waals surface area contributed by atoms with E-state index in [0.717, 1.165) is 63.5 Å². The maximum atomic E-state index is 12.8. The van der Waals surface area contributed by atoms with E-state index in [4.69, 9.17) is 4.74 Å². The number of aromatic nitrogens is 3. The highest BCUT2D eigenvalue weighted by atomic mass is 16.5. The van der Waals surface area contributed by atoms with Crippen molar-refractivity contribution in [2.45, 2.75) is 25.4 Å². The van der Waals surface area contributed by atoms with Crippen molar-refractivity contribution < 1.29 is 9.53 Å². The van der Waals surface area contributed by atoms with E-state index < -0.39 is 0 Å². The number of carbonyl (C=O) groups excluding carboxylic acids is 1. The lowest BCUT2D eigenvalue weighted by molar-refractivity contribution is 0.0336. The summed E-state index contributed by atoms with van der Waals surface area (Å²) in [5, 5.41) is 0. The van der Waals surface area contributed by atoms with Gasteiger partial charge in [0, 0.05) is 44.8 Å². The second-order valence-electron chi connectivity index (χ2n) is 6.72. The Labute approximate surface area is 153 Å². The van der Waals surface area contributed by atoms with Crippen LogP contribution in [0.4, 0.5) is 0 Å². The van der Waals surface area contributed by atoms with E-state index in [9.17, 15) is 4.79 Å². The van der Waals surface area contributed by atoms with E-state index in [2.05, 4.69) is 25.9 Å². The standard InChI is InChI=1S/C19H23N5O2/c25-19(17-13-20-5-6-22-17)24-7-1-2-18(24)15-3-4-21-16(12-15)14-23-8-10-26-11-9-23/h3-6,12-13,18H,1-2,7-11,14H2/t18-/m0/s1. The molecule has 0 spiro atoms. The molecule has 0 aliphatic carbocycles. The van der Waals surface area contributed by atoms with E-state index in [0.29, 0.717) is 5.69 Å². The van der Waals surface area contributed by atoms with E-state index in [-0.39, 0.29) is 11.9 Å². The summed E-state index contributed by atoms with van der Waals surface area (Å²) >= 11 is 0. The molecular weight excluding hydrogens is 330 g/mol. The van der Waals surface area contributed by atoms with Gasteiger partial charge in [-0.15, -0.1) is 0 Å². The van der Waals surface area contributed by atoms with Crippen LogP contribution >= 0.6 is 0 Å². The summed E-state index contributed by atoms with van der Waals surface area (Å²) < 4.78 is 5.41. The predicted octanol–water partition coefficient (Wildman–Crippen LogP) is 1.68. The van der Waals surface area contributed by atoms with Crippen molar-refractivity contribution in [2.24, 2.45) is 0 Å². The molecule has 2 aromatic heterocycles. The molecular formula is C19H23N5O2. The molecule has 1 amide bonds. The number of morpholine rings is 1. The fourth-order valence-corrected chi connectivity index (χ4v) is 3.69. The molecule has 0 saturated carbocycles. The minimum Gasteiger partial charge on any atom is -0.379 e. The van der Waals surface area contributed by atoms with Crippen LogP contribution in [0.1, 0.15) is 40.6 Å². The first-order valence-electron chi connectivity index (χ1n) is 9.13. The number of carbonyl (C=O) groups is 1. The average molecular weight is 353 g/mol. The van der Waals surface area contributed by atoms with Crippen LogP contribution in [-0.4, -0.2) is 63.5 Å². The quantitative estimate of drug-likeness (QED) is 0.833. The molecule has 2 aliphatic rings. The van der Waals surface area contributed by atoms with Crippen LogP contribution in [0.2, 0.25) is 0 Å². The third-order valence-electron chi connectivity index (χ3n) is 5.01. The Morgan fingerprint density at radius 2 is 2.04 bits per heavy atom. The van der Waals surface area contributed by atoms with Crippen LogP contribution in [0.3, 0.4) is 0 Å². The Morgan fingerprint density at radius 3 is 2.85 bits per heavy atom. The van der Waals surface area contributed by atoms with Gasteiger partial charge in [-0.2, -0.15) is 0 Å². The fraction of sp³-hybridized carbons (Fsp3) is 0.474. The predicted molar refractivity (Wildman–Crippen MR) is 95.4 cm³/mol. The van der Waals surface area contributed by atoms with E-state index >= 15 is 0 Å². The van der Waals surface area contributed by atoms with Gasteiger partial charge in [0.2, 0.25) is 0 Å². The van der Waals surface area contributed by atoms with Crippen LogP contribution in [0.25, 0.3) is 0 Å². The van der Waals surface area contributed by atoms with Gasteiger partial charge in [-0.05, 0) is 30.5 Å². The highest BCUT2D eigenvalue weighted by Crippen LogP contribution is 2.33. The van der Waals surface area contributed by atoms with Gasteiger partial charge in [-0.3, -0.25) is 19.7 Å². The van der Waals surface area contributed by atoms with Crippen LogP contribution in [0.5, 0.6) is 0 Å². The number of ether oxygens (including phenoxy) is 1.